The van der Waals surface area contributed by atoms with Crippen LogP contribution in [-0.2, 0) is 19.6 Å². The fourth-order valence-electron chi connectivity index (χ4n) is 1.47. The molecule has 0 aromatic heterocycles. The molecule has 0 unspecified atom stereocenters. The van der Waals surface area contributed by atoms with Gasteiger partial charge in [-0.15, -0.1) is 0 Å². The van der Waals surface area contributed by atoms with Crippen LogP contribution in [0.25, 0.3) is 0 Å². The van der Waals surface area contributed by atoms with E-state index in [1.165, 1.54) is 24.3 Å². The van der Waals surface area contributed by atoms with Crippen LogP contribution in [0.15, 0.2) is 29.2 Å². The number of anilines is 1. The minimum Gasteiger partial charge on any atom is -0.362 e. The predicted octanol–water partition coefficient (Wildman–Crippen LogP) is 0.441. The van der Waals surface area contributed by atoms with E-state index in [9.17, 15) is 26.4 Å². The number of amides is 1. The Bertz CT molecular complexity index is 635. The monoisotopic (exact) mass is 355 g/mol. The molecule has 0 aliphatic rings. The van der Waals surface area contributed by atoms with Gasteiger partial charge in [-0.25, -0.2) is 13.1 Å². The van der Waals surface area contributed by atoms with Gasteiger partial charge in [0, 0.05) is 18.8 Å². The summed E-state index contributed by atoms with van der Waals surface area (Å²) in [5, 5.41) is 2.25. The smallest absolute Gasteiger partial charge is 0.362 e. The van der Waals surface area contributed by atoms with Crippen LogP contribution in [-0.4, -0.2) is 46.8 Å². The normalized spacial score (nSPS) is 12.2. The molecule has 0 bridgehead atoms. The van der Waals surface area contributed by atoms with Crippen LogP contribution in [0, 0.1) is 0 Å². The van der Waals surface area contributed by atoms with Crippen molar-refractivity contribution in [1.82, 2.24) is 4.72 Å². The maximum Gasteiger partial charge on any atom is 0.411 e. The molecular formula is C12H16F3N3O4S. The second kappa shape index (κ2) is 8.24. The molecule has 0 radical (unpaired) electrons. The summed E-state index contributed by atoms with van der Waals surface area (Å²) < 4.78 is 65.8. The van der Waals surface area contributed by atoms with Crippen LogP contribution in [0.5, 0.6) is 0 Å². The highest BCUT2D eigenvalue weighted by Gasteiger charge is 2.27. The molecule has 0 aliphatic carbocycles. The van der Waals surface area contributed by atoms with Crippen molar-refractivity contribution < 1.29 is 31.1 Å². The van der Waals surface area contributed by atoms with Gasteiger partial charge >= 0.3 is 6.18 Å². The van der Waals surface area contributed by atoms with Gasteiger partial charge in [0.2, 0.25) is 15.9 Å². The summed E-state index contributed by atoms with van der Waals surface area (Å²) in [4.78, 5) is 11.3. The Kier molecular flexibility index (Phi) is 6.94. The Hall–Kier alpha value is -1.69. The van der Waals surface area contributed by atoms with Crippen molar-refractivity contribution in [3.05, 3.63) is 24.3 Å². The van der Waals surface area contributed by atoms with Crippen LogP contribution < -0.4 is 15.8 Å². The number of hydrogen-bond donors (Lipinski definition) is 3. The molecular weight excluding hydrogens is 339 g/mol. The number of carbonyl (C=O) groups is 1. The predicted molar refractivity (Wildman–Crippen MR) is 76.2 cm³/mol. The van der Waals surface area contributed by atoms with Gasteiger partial charge < -0.3 is 15.8 Å². The first-order valence-electron chi connectivity index (χ1n) is 6.38. The highest BCUT2D eigenvalue weighted by atomic mass is 32.2. The zero-order valence-corrected chi connectivity index (χ0v) is 12.7. The van der Waals surface area contributed by atoms with Gasteiger partial charge in [0.1, 0.15) is 13.2 Å². The molecule has 4 N–H and O–H groups in total. The molecule has 11 heteroatoms. The third kappa shape index (κ3) is 7.41. The van der Waals surface area contributed by atoms with Crippen molar-refractivity contribution >= 4 is 21.6 Å². The second-order valence-electron chi connectivity index (χ2n) is 4.37. The highest BCUT2D eigenvalue weighted by molar-refractivity contribution is 7.89. The zero-order chi connectivity index (χ0) is 17.5. The number of nitrogens with one attached hydrogen (secondary N) is 2. The van der Waals surface area contributed by atoms with Crippen molar-refractivity contribution in [3.63, 3.8) is 0 Å². The maximum absolute atomic E-state index is 11.9. The van der Waals surface area contributed by atoms with E-state index in [1.54, 1.807) is 0 Å². The van der Waals surface area contributed by atoms with E-state index in [0.717, 1.165) is 0 Å². The van der Waals surface area contributed by atoms with E-state index in [4.69, 9.17) is 5.73 Å². The number of ether oxygens (including phenoxy) is 1. The average Bonchev–Trinajstić information content (AvgIpc) is 2.44. The number of carbonyl (C=O) groups excluding carboxylic acids is 1. The molecule has 1 amide bonds. The lowest BCUT2D eigenvalue weighted by atomic mass is 10.3. The SMILES string of the molecule is NCCNS(=O)(=O)c1cccc(NC(=O)COCC(F)(F)F)c1. The largest absolute Gasteiger partial charge is 0.411 e. The number of halogens is 3. The Morgan fingerprint density at radius 1 is 1.30 bits per heavy atom. The lowest BCUT2D eigenvalue weighted by Gasteiger charge is -2.10. The lowest BCUT2D eigenvalue weighted by molar-refractivity contribution is -0.174. The van der Waals surface area contributed by atoms with E-state index in [1.807, 2.05) is 0 Å². The van der Waals surface area contributed by atoms with Gasteiger partial charge in [0.15, 0.2) is 0 Å². The minimum atomic E-state index is -4.52. The molecule has 1 aromatic carbocycles. The van der Waals surface area contributed by atoms with Gasteiger partial charge in [-0.3, -0.25) is 4.79 Å². The number of nitrogens with two attached hydrogens (primary N) is 1. The standard InChI is InChI=1S/C12H16F3N3O4S/c13-12(14,15)8-22-7-11(19)18-9-2-1-3-10(6-9)23(20,21)17-5-4-16/h1-3,6,17H,4-5,7-8,16H2,(H,18,19). The lowest BCUT2D eigenvalue weighted by Crippen LogP contribution is -2.29. The van der Waals surface area contributed by atoms with Crippen LogP contribution in [0.4, 0.5) is 18.9 Å². The Balaban J connectivity index is 2.65. The Labute approximate surface area is 131 Å². The topological polar surface area (TPSA) is 111 Å². The number of rotatable bonds is 8. The quantitative estimate of drug-likeness (QED) is 0.627. The summed E-state index contributed by atoms with van der Waals surface area (Å²) >= 11 is 0. The van der Waals surface area contributed by atoms with Gasteiger partial charge in [0.25, 0.3) is 0 Å². The summed E-state index contributed by atoms with van der Waals surface area (Å²) in [5.41, 5.74) is 5.32. The van der Waals surface area contributed by atoms with E-state index >= 15 is 0 Å². The second-order valence-corrected chi connectivity index (χ2v) is 6.14. The van der Waals surface area contributed by atoms with Crippen molar-refractivity contribution in [2.24, 2.45) is 5.73 Å². The third-order valence-corrected chi connectivity index (χ3v) is 3.82. The highest BCUT2D eigenvalue weighted by Crippen LogP contribution is 2.16. The molecule has 23 heavy (non-hydrogen) atoms. The minimum absolute atomic E-state index is 0.0458. The van der Waals surface area contributed by atoms with E-state index < -0.39 is 35.3 Å². The molecule has 1 rings (SSSR count). The Morgan fingerprint density at radius 3 is 2.61 bits per heavy atom. The molecule has 0 heterocycles. The van der Waals surface area contributed by atoms with Crippen LogP contribution in [0.2, 0.25) is 0 Å². The van der Waals surface area contributed by atoms with Crippen molar-refractivity contribution in [2.45, 2.75) is 11.1 Å². The first kappa shape index (κ1) is 19.4. The summed E-state index contributed by atoms with van der Waals surface area (Å²) in [7, 11) is -3.78. The molecule has 0 spiro atoms. The zero-order valence-electron chi connectivity index (χ0n) is 11.9. The summed E-state index contributed by atoms with van der Waals surface area (Å²) in [6.45, 7) is -2.18. The van der Waals surface area contributed by atoms with Gasteiger partial charge in [-0.1, -0.05) is 6.07 Å². The maximum atomic E-state index is 11.9. The first-order chi connectivity index (χ1) is 10.6. The summed E-state index contributed by atoms with van der Waals surface area (Å²) in [6, 6.07) is 5.24. The molecule has 0 saturated heterocycles. The molecule has 130 valence electrons. The van der Waals surface area contributed by atoms with Gasteiger partial charge in [-0.05, 0) is 18.2 Å². The fraction of sp³-hybridized carbons (Fsp3) is 0.417. The first-order valence-corrected chi connectivity index (χ1v) is 7.86. The van der Waals surface area contributed by atoms with Crippen molar-refractivity contribution in [3.8, 4) is 0 Å². The summed E-state index contributed by atoms with van der Waals surface area (Å²) in [5.74, 6) is -0.835. The molecule has 0 aliphatic heterocycles. The van der Waals surface area contributed by atoms with Crippen LogP contribution in [0.3, 0.4) is 0 Å². The number of hydrogen-bond acceptors (Lipinski definition) is 5. The Morgan fingerprint density at radius 2 is 2.00 bits per heavy atom. The van der Waals surface area contributed by atoms with E-state index in [0.29, 0.717) is 0 Å². The van der Waals surface area contributed by atoms with Crippen LogP contribution >= 0.6 is 0 Å². The molecule has 0 fully saturated rings. The van der Waals surface area contributed by atoms with Gasteiger partial charge in [0.05, 0.1) is 4.90 Å². The third-order valence-electron chi connectivity index (χ3n) is 2.36. The van der Waals surface area contributed by atoms with Crippen molar-refractivity contribution in [1.29, 1.82) is 0 Å². The van der Waals surface area contributed by atoms with E-state index in [-0.39, 0.29) is 23.7 Å². The van der Waals surface area contributed by atoms with E-state index in [2.05, 4.69) is 14.8 Å². The average molecular weight is 355 g/mol. The molecule has 0 saturated carbocycles. The molecule has 7 nitrogen and oxygen atoms in total. The summed E-state index contributed by atoms with van der Waals surface area (Å²) in [6.07, 6.45) is -4.52. The van der Waals surface area contributed by atoms with Gasteiger partial charge in [-0.2, -0.15) is 13.2 Å². The number of sulfonamides is 1. The fourth-order valence-corrected chi connectivity index (χ4v) is 2.57. The van der Waals surface area contributed by atoms with Crippen molar-refractivity contribution in [2.75, 3.05) is 31.6 Å². The molecule has 0 atom stereocenters. The number of benzene rings is 1. The van der Waals surface area contributed by atoms with Crippen LogP contribution in [0.1, 0.15) is 0 Å². The molecule has 1 aromatic rings. The number of alkyl halides is 3.